The molecule has 0 saturated heterocycles. The van der Waals surface area contributed by atoms with E-state index in [9.17, 15) is 0 Å². The molecule has 0 saturated carbocycles. The van der Waals surface area contributed by atoms with Gasteiger partial charge in [-0.2, -0.15) is 0 Å². The molecule has 0 aromatic heterocycles. The van der Waals surface area contributed by atoms with Gasteiger partial charge in [-0.15, -0.1) is 0 Å². The predicted molar refractivity (Wildman–Crippen MR) is 117 cm³/mol. The summed E-state index contributed by atoms with van der Waals surface area (Å²) in [5.74, 6) is 3.08. The third-order valence-corrected chi connectivity index (χ3v) is 5.01. The van der Waals surface area contributed by atoms with Gasteiger partial charge in [-0.05, 0) is 77.2 Å². The van der Waals surface area contributed by atoms with E-state index in [-0.39, 0.29) is 0 Å². The molecule has 0 heterocycles. The van der Waals surface area contributed by atoms with Crippen molar-refractivity contribution in [1.82, 2.24) is 0 Å². The SMILES string of the molecule is Nc1cccc(Oc2ccc3c(c2)Cc2cc(Oc4cccc(N)c4)ccc2-3)c1. The Bertz CT molecular complexity index is 1120. The number of fused-ring (bicyclic) bond motifs is 3. The van der Waals surface area contributed by atoms with Crippen molar-refractivity contribution < 1.29 is 9.47 Å². The fourth-order valence-electron chi connectivity index (χ4n) is 3.72. The lowest BCUT2D eigenvalue weighted by atomic mass is 10.1. The second-order valence-corrected chi connectivity index (χ2v) is 7.16. The Balaban J connectivity index is 1.38. The highest BCUT2D eigenvalue weighted by atomic mass is 16.5. The molecule has 4 aromatic carbocycles. The van der Waals surface area contributed by atoms with Crippen LogP contribution in [0, 0.1) is 0 Å². The molecule has 1 aliphatic rings. The first-order valence-corrected chi connectivity index (χ1v) is 9.47. The highest BCUT2D eigenvalue weighted by molar-refractivity contribution is 5.78. The molecule has 0 radical (unpaired) electrons. The Morgan fingerprint density at radius 1 is 0.517 bits per heavy atom. The molecule has 0 unspecified atom stereocenters. The number of nitrogens with two attached hydrogens (primary N) is 2. The summed E-state index contributed by atoms with van der Waals surface area (Å²) >= 11 is 0. The monoisotopic (exact) mass is 380 g/mol. The summed E-state index contributed by atoms with van der Waals surface area (Å²) in [5.41, 5.74) is 18.0. The molecular weight excluding hydrogens is 360 g/mol. The van der Waals surface area contributed by atoms with E-state index in [2.05, 4.69) is 24.3 Å². The van der Waals surface area contributed by atoms with Gasteiger partial charge in [-0.1, -0.05) is 24.3 Å². The van der Waals surface area contributed by atoms with Crippen LogP contribution in [-0.4, -0.2) is 0 Å². The molecule has 4 nitrogen and oxygen atoms in total. The van der Waals surface area contributed by atoms with Crippen molar-refractivity contribution >= 4 is 11.4 Å². The average Bonchev–Trinajstić information content (AvgIpc) is 3.05. The molecule has 4 N–H and O–H groups in total. The van der Waals surface area contributed by atoms with Gasteiger partial charge in [0.2, 0.25) is 0 Å². The lowest BCUT2D eigenvalue weighted by molar-refractivity contribution is 0.482. The van der Waals surface area contributed by atoms with Crippen LogP contribution in [0.3, 0.4) is 0 Å². The van der Waals surface area contributed by atoms with Gasteiger partial charge in [0.05, 0.1) is 0 Å². The van der Waals surface area contributed by atoms with E-state index in [0.29, 0.717) is 11.4 Å². The van der Waals surface area contributed by atoms with Crippen LogP contribution in [0.15, 0.2) is 84.9 Å². The molecule has 4 aromatic rings. The molecule has 0 amide bonds. The summed E-state index contributed by atoms with van der Waals surface area (Å²) in [4.78, 5) is 0. The Morgan fingerprint density at radius 2 is 0.966 bits per heavy atom. The zero-order valence-electron chi connectivity index (χ0n) is 15.8. The van der Waals surface area contributed by atoms with Crippen molar-refractivity contribution in [3.8, 4) is 34.1 Å². The summed E-state index contributed by atoms with van der Waals surface area (Å²) in [6, 6.07) is 27.3. The lowest BCUT2D eigenvalue weighted by Gasteiger charge is -2.09. The van der Waals surface area contributed by atoms with Crippen LogP contribution in [0.1, 0.15) is 11.1 Å². The Hall–Kier alpha value is -3.92. The second-order valence-electron chi connectivity index (χ2n) is 7.16. The summed E-state index contributed by atoms with van der Waals surface area (Å²) in [6.07, 6.45) is 0.840. The summed E-state index contributed by atoms with van der Waals surface area (Å²) < 4.78 is 12.0. The van der Waals surface area contributed by atoms with Gasteiger partial charge in [-0.25, -0.2) is 0 Å². The maximum Gasteiger partial charge on any atom is 0.129 e. The predicted octanol–water partition coefficient (Wildman–Crippen LogP) is 6.01. The molecule has 0 bridgehead atoms. The number of ether oxygens (including phenoxy) is 2. The topological polar surface area (TPSA) is 70.5 Å². The van der Waals surface area contributed by atoms with Crippen LogP contribution in [0.5, 0.6) is 23.0 Å². The number of hydrogen-bond donors (Lipinski definition) is 2. The van der Waals surface area contributed by atoms with E-state index < -0.39 is 0 Å². The maximum atomic E-state index is 5.98. The molecule has 4 heteroatoms. The summed E-state index contributed by atoms with van der Waals surface area (Å²) in [6.45, 7) is 0. The van der Waals surface area contributed by atoms with Crippen LogP contribution in [0.2, 0.25) is 0 Å². The normalized spacial score (nSPS) is 11.6. The fraction of sp³-hybridized carbons (Fsp3) is 0.0400. The average molecular weight is 380 g/mol. The van der Waals surface area contributed by atoms with Crippen LogP contribution >= 0.6 is 0 Å². The molecule has 0 fully saturated rings. The number of nitrogen functional groups attached to an aromatic ring is 2. The number of rotatable bonds is 4. The quantitative estimate of drug-likeness (QED) is 0.375. The van der Waals surface area contributed by atoms with Crippen LogP contribution in [0.25, 0.3) is 11.1 Å². The smallest absolute Gasteiger partial charge is 0.129 e. The van der Waals surface area contributed by atoms with Crippen molar-refractivity contribution in [3.05, 3.63) is 96.1 Å². The molecule has 0 atom stereocenters. The highest BCUT2D eigenvalue weighted by Gasteiger charge is 2.20. The van der Waals surface area contributed by atoms with Crippen molar-refractivity contribution in [2.24, 2.45) is 0 Å². The van der Waals surface area contributed by atoms with E-state index in [1.165, 1.54) is 22.3 Å². The summed E-state index contributed by atoms with van der Waals surface area (Å²) in [5, 5.41) is 0. The molecule has 142 valence electrons. The Labute approximate surface area is 169 Å². The van der Waals surface area contributed by atoms with Gasteiger partial charge in [0.25, 0.3) is 0 Å². The number of hydrogen-bond acceptors (Lipinski definition) is 4. The van der Waals surface area contributed by atoms with E-state index in [1.807, 2.05) is 60.7 Å². The fourth-order valence-corrected chi connectivity index (χ4v) is 3.72. The number of anilines is 2. The van der Waals surface area contributed by atoms with Crippen molar-refractivity contribution in [3.63, 3.8) is 0 Å². The molecule has 0 aliphatic heterocycles. The van der Waals surface area contributed by atoms with Gasteiger partial charge in [-0.3, -0.25) is 0 Å². The third kappa shape index (κ3) is 3.48. The first-order valence-electron chi connectivity index (χ1n) is 9.47. The van der Waals surface area contributed by atoms with Crippen LogP contribution in [0.4, 0.5) is 11.4 Å². The highest BCUT2D eigenvalue weighted by Crippen LogP contribution is 2.41. The van der Waals surface area contributed by atoms with Gasteiger partial charge in [0.1, 0.15) is 23.0 Å². The largest absolute Gasteiger partial charge is 0.457 e. The van der Waals surface area contributed by atoms with E-state index in [1.54, 1.807) is 0 Å². The Kier molecular flexibility index (Phi) is 4.10. The lowest BCUT2D eigenvalue weighted by Crippen LogP contribution is -1.89. The zero-order chi connectivity index (χ0) is 19.8. The van der Waals surface area contributed by atoms with E-state index in [4.69, 9.17) is 20.9 Å². The van der Waals surface area contributed by atoms with Crippen molar-refractivity contribution in [1.29, 1.82) is 0 Å². The minimum Gasteiger partial charge on any atom is -0.457 e. The van der Waals surface area contributed by atoms with Gasteiger partial charge in [0, 0.05) is 23.5 Å². The van der Waals surface area contributed by atoms with Crippen LogP contribution in [-0.2, 0) is 6.42 Å². The first-order chi connectivity index (χ1) is 14.1. The van der Waals surface area contributed by atoms with E-state index >= 15 is 0 Å². The van der Waals surface area contributed by atoms with Gasteiger partial charge in [0.15, 0.2) is 0 Å². The van der Waals surface area contributed by atoms with Crippen LogP contribution < -0.4 is 20.9 Å². The number of benzene rings is 4. The minimum absolute atomic E-state index is 0.684. The van der Waals surface area contributed by atoms with Crippen molar-refractivity contribution in [2.75, 3.05) is 11.5 Å². The first kappa shape index (κ1) is 17.2. The van der Waals surface area contributed by atoms with E-state index in [0.717, 1.165) is 29.4 Å². The molecule has 5 rings (SSSR count). The third-order valence-electron chi connectivity index (χ3n) is 5.01. The minimum atomic E-state index is 0.684. The summed E-state index contributed by atoms with van der Waals surface area (Å²) in [7, 11) is 0. The molecule has 1 aliphatic carbocycles. The molecular formula is C25H20N2O2. The van der Waals surface area contributed by atoms with Crippen molar-refractivity contribution in [2.45, 2.75) is 6.42 Å². The standard InChI is InChI=1S/C25H20N2O2/c26-18-3-1-5-20(14-18)28-22-7-9-24-16(12-22)11-17-13-23(8-10-25(17)24)29-21-6-2-4-19(27)15-21/h1-10,12-15H,11,26-27H2. The molecule has 29 heavy (non-hydrogen) atoms. The van der Waals surface area contributed by atoms with Gasteiger partial charge >= 0.3 is 0 Å². The Morgan fingerprint density at radius 3 is 1.41 bits per heavy atom. The zero-order valence-corrected chi connectivity index (χ0v) is 15.8. The van der Waals surface area contributed by atoms with Gasteiger partial charge < -0.3 is 20.9 Å². The maximum absolute atomic E-state index is 5.98. The molecule has 0 spiro atoms. The second kappa shape index (κ2) is 6.91.